The predicted octanol–water partition coefficient (Wildman–Crippen LogP) is 5.49. The lowest BCUT2D eigenvalue weighted by atomic mass is 10.2. The standard InChI is InChI=1S/C18H16ClN3O2S2/c1-10(2)14-9-26-18(21-14)22-16(23)11-5-6-12(19)13(8-11)20-17(24)15-4-3-7-25-15/h3-10H,1-2H3,(H,20,24)(H,21,22,23). The van der Waals surface area contributed by atoms with Gasteiger partial charge in [0, 0.05) is 10.9 Å². The third-order valence-corrected chi connectivity index (χ3v) is 5.53. The fourth-order valence-corrected chi connectivity index (χ4v) is 3.78. The lowest BCUT2D eigenvalue weighted by Gasteiger charge is -2.09. The van der Waals surface area contributed by atoms with E-state index in [1.54, 1.807) is 30.3 Å². The Morgan fingerprint density at radius 2 is 1.92 bits per heavy atom. The average Bonchev–Trinajstić information content (AvgIpc) is 3.28. The molecule has 0 saturated heterocycles. The van der Waals surface area contributed by atoms with E-state index in [0.29, 0.717) is 32.2 Å². The second kappa shape index (κ2) is 7.99. The zero-order chi connectivity index (χ0) is 18.7. The number of hydrogen-bond donors (Lipinski definition) is 2. The summed E-state index contributed by atoms with van der Waals surface area (Å²) < 4.78 is 0. The van der Waals surface area contributed by atoms with Crippen LogP contribution in [0.4, 0.5) is 10.8 Å². The van der Waals surface area contributed by atoms with Gasteiger partial charge in [0.1, 0.15) is 0 Å². The van der Waals surface area contributed by atoms with Gasteiger partial charge in [-0.25, -0.2) is 4.98 Å². The zero-order valence-corrected chi connectivity index (χ0v) is 16.5. The highest BCUT2D eigenvalue weighted by molar-refractivity contribution is 7.14. The number of anilines is 2. The number of hydrogen-bond acceptors (Lipinski definition) is 5. The summed E-state index contributed by atoms with van der Waals surface area (Å²) in [5.74, 6) is -0.273. The van der Waals surface area contributed by atoms with Gasteiger partial charge in [-0.2, -0.15) is 0 Å². The van der Waals surface area contributed by atoms with Crippen molar-refractivity contribution in [1.29, 1.82) is 0 Å². The molecule has 3 rings (SSSR count). The number of halogens is 1. The number of carbonyl (C=O) groups is 2. The summed E-state index contributed by atoms with van der Waals surface area (Å²) in [6.07, 6.45) is 0. The third-order valence-electron chi connectivity index (χ3n) is 3.56. The van der Waals surface area contributed by atoms with Gasteiger partial charge in [0.05, 0.1) is 21.3 Å². The van der Waals surface area contributed by atoms with Crippen molar-refractivity contribution in [2.45, 2.75) is 19.8 Å². The molecule has 0 aliphatic rings. The molecule has 0 aliphatic carbocycles. The number of nitrogens with one attached hydrogen (secondary N) is 2. The molecular weight excluding hydrogens is 390 g/mol. The van der Waals surface area contributed by atoms with Gasteiger partial charge in [-0.3, -0.25) is 14.9 Å². The summed E-state index contributed by atoms with van der Waals surface area (Å²) in [6.45, 7) is 4.09. The van der Waals surface area contributed by atoms with Gasteiger partial charge in [0.25, 0.3) is 11.8 Å². The minimum atomic E-state index is -0.307. The Hall–Kier alpha value is -2.22. The molecule has 0 unspecified atom stereocenters. The molecule has 2 aromatic heterocycles. The predicted molar refractivity (Wildman–Crippen MR) is 108 cm³/mol. The molecule has 0 bridgehead atoms. The summed E-state index contributed by atoms with van der Waals surface area (Å²) in [5.41, 5.74) is 1.71. The largest absolute Gasteiger partial charge is 0.320 e. The quantitative estimate of drug-likeness (QED) is 0.589. The Morgan fingerprint density at radius 3 is 2.58 bits per heavy atom. The summed E-state index contributed by atoms with van der Waals surface area (Å²) in [7, 11) is 0. The lowest BCUT2D eigenvalue weighted by Crippen LogP contribution is -2.14. The molecule has 1 aromatic carbocycles. The molecular formula is C18H16ClN3O2S2. The monoisotopic (exact) mass is 405 g/mol. The van der Waals surface area contributed by atoms with E-state index in [1.807, 2.05) is 24.6 Å². The van der Waals surface area contributed by atoms with Crippen LogP contribution in [0.25, 0.3) is 0 Å². The van der Waals surface area contributed by atoms with Gasteiger partial charge in [0.2, 0.25) is 0 Å². The van der Waals surface area contributed by atoms with E-state index in [0.717, 1.165) is 5.69 Å². The number of nitrogens with zero attached hydrogens (tertiary/aromatic N) is 1. The Morgan fingerprint density at radius 1 is 1.12 bits per heavy atom. The highest BCUT2D eigenvalue weighted by Crippen LogP contribution is 2.26. The fourth-order valence-electron chi connectivity index (χ4n) is 2.13. The Bertz CT molecular complexity index is 936. The number of thiazole rings is 1. The number of aromatic nitrogens is 1. The van der Waals surface area contributed by atoms with Crippen molar-refractivity contribution in [2.75, 3.05) is 10.6 Å². The van der Waals surface area contributed by atoms with Crippen LogP contribution in [0.5, 0.6) is 0 Å². The molecule has 2 heterocycles. The maximum absolute atomic E-state index is 12.5. The van der Waals surface area contributed by atoms with E-state index in [1.165, 1.54) is 22.7 Å². The Labute approximate surface area is 164 Å². The molecule has 0 aliphatic heterocycles. The van der Waals surface area contributed by atoms with Crippen LogP contribution in [-0.4, -0.2) is 16.8 Å². The molecule has 2 N–H and O–H groups in total. The van der Waals surface area contributed by atoms with Crippen LogP contribution in [0.2, 0.25) is 5.02 Å². The summed E-state index contributed by atoms with van der Waals surface area (Å²) in [4.78, 5) is 29.6. The van der Waals surface area contributed by atoms with Gasteiger partial charge < -0.3 is 5.32 Å². The first-order valence-electron chi connectivity index (χ1n) is 7.85. The molecule has 26 heavy (non-hydrogen) atoms. The van der Waals surface area contributed by atoms with Crippen molar-refractivity contribution in [1.82, 2.24) is 4.98 Å². The van der Waals surface area contributed by atoms with Crippen molar-refractivity contribution in [3.8, 4) is 0 Å². The minimum Gasteiger partial charge on any atom is -0.320 e. The average molecular weight is 406 g/mol. The number of benzene rings is 1. The molecule has 0 saturated carbocycles. The molecule has 0 spiro atoms. The van der Waals surface area contributed by atoms with Crippen LogP contribution in [0.1, 0.15) is 45.5 Å². The molecule has 2 amide bonds. The fraction of sp³-hybridized carbons (Fsp3) is 0.167. The van der Waals surface area contributed by atoms with Crippen LogP contribution >= 0.6 is 34.3 Å². The minimum absolute atomic E-state index is 0.263. The number of amides is 2. The van der Waals surface area contributed by atoms with E-state index in [-0.39, 0.29) is 11.8 Å². The first kappa shape index (κ1) is 18.6. The molecule has 134 valence electrons. The van der Waals surface area contributed by atoms with E-state index in [2.05, 4.69) is 15.6 Å². The Balaban J connectivity index is 1.75. The molecule has 5 nitrogen and oxygen atoms in total. The van der Waals surface area contributed by atoms with Crippen molar-refractivity contribution in [2.24, 2.45) is 0 Å². The highest BCUT2D eigenvalue weighted by atomic mass is 35.5. The van der Waals surface area contributed by atoms with Crippen molar-refractivity contribution < 1.29 is 9.59 Å². The van der Waals surface area contributed by atoms with Crippen LogP contribution in [0.3, 0.4) is 0 Å². The van der Waals surface area contributed by atoms with E-state index < -0.39 is 0 Å². The van der Waals surface area contributed by atoms with Crippen molar-refractivity contribution >= 4 is 56.9 Å². The second-order valence-corrected chi connectivity index (χ2v) is 8.03. The first-order valence-corrected chi connectivity index (χ1v) is 9.99. The first-order chi connectivity index (χ1) is 12.4. The van der Waals surface area contributed by atoms with Crippen molar-refractivity contribution in [3.63, 3.8) is 0 Å². The maximum Gasteiger partial charge on any atom is 0.265 e. The van der Waals surface area contributed by atoms with E-state index in [4.69, 9.17) is 11.6 Å². The molecule has 3 aromatic rings. The second-order valence-electron chi connectivity index (χ2n) is 5.81. The SMILES string of the molecule is CC(C)c1csc(NC(=O)c2ccc(Cl)c(NC(=O)c3cccs3)c2)n1. The third kappa shape index (κ3) is 4.30. The van der Waals surface area contributed by atoms with Crippen LogP contribution < -0.4 is 10.6 Å². The van der Waals surface area contributed by atoms with Gasteiger partial charge in [-0.15, -0.1) is 22.7 Å². The smallest absolute Gasteiger partial charge is 0.265 e. The molecule has 0 atom stereocenters. The summed E-state index contributed by atoms with van der Waals surface area (Å²) >= 11 is 8.86. The summed E-state index contributed by atoms with van der Waals surface area (Å²) in [5, 5.41) is 10.2. The van der Waals surface area contributed by atoms with Gasteiger partial charge >= 0.3 is 0 Å². The van der Waals surface area contributed by atoms with Crippen molar-refractivity contribution in [3.05, 3.63) is 62.2 Å². The Kier molecular flexibility index (Phi) is 5.70. The van der Waals surface area contributed by atoms with E-state index in [9.17, 15) is 9.59 Å². The summed E-state index contributed by atoms with van der Waals surface area (Å²) in [6, 6.07) is 8.27. The molecule has 8 heteroatoms. The highest BCUT2D eigenvalue weighted by Gasteiger charge is 2.14. The van der Waals surface area contributed by atoms with E-state index >= 15 is 0 Å². The van der Waals surface area contributed by atoms with Gasteiger partial charge in [0.15, 0.2) is 5.13 Å². The number of carbonyl (C=O) groups excluding carboxylic acids is 2. The topological polar surface area (TPSA) is 71.1 Å². The number of rotatable bonds is 5. The zero-order valence-electron chi connectivity index (χ0n) is 14.1. The van der Waals surface area contributed by atoms with Gasteiger partial charge in [-0.05, 0) is 35.6 Å². The van der Waals surface area contributed by atoms with Gasteiger partial charge in [-0.1, -0.05) is 31.5 Å². The lowest BCUT2D eigenvalue weighted by molar-refractivity contribution is 0.101. The maximum atomic E-state index is 12.5. The number of thiophene rings is 1. The van der Waals surface area contributed by atoms with Crippen LogP contribution in [0, 0.1) is 0 Å². The van der Waals surface area contributed by atoms with Crippen LogP contribution in [-0.2, 0) is 0 Å². The normalized spacial score (nSPS) is 10.8. The van der Waals surface area contributed by atoms with Crippen LogP contribution in [0.15, 0.2) is 41.1 Å². The molecule has 0 radical (unpaired) electrons. The molecule has 0 fully saturated rings.